The molecule has 1 aliphatic rings. The van der Waals surface area contributed by atoms with Gasteiger partial charge in [-0.2, -0.15) is 0 Å². The minimum atomic E-state index is -0.0255. The number of cyclic esters (lactones) is 1. The van der Waals surface area contributed by atoms with E-state index in [0.29, 0.717) is 18.3 Å². The molecule has 0 N–H and O–H groups in total. The normalized spacial score (nSPS) is 32.2. The van der Waals surface area contributed by atoms with Crippen LogP contribution in [-0.4, -0.2) is 12.1 Å². The van der Waals surface area contributed by atoms with Gasteiger partial charge in [0.25, 0.3) is 0 Å². The Bertz CT molecular complexity index is 152. The average molecular weight is 156 g/mol. The predicted molar refractivity (Wildman–Crippen MR) is 43.1 cm³/mol. The van der Waals surface area contributed by atoms with E-state index in [4.69, 9.17) is 4.74 Å². The molecule has 0 bridgehead atoms. The van der Waals surface area contributed by atoms with E-state index in [-0.39, 0.29) is 12.1 Å². The maximum Gasteiger partial charge on any atom is 0.306 e. The summed E-state index contributed by atoms with van der Waals surface area (Å²) in [5.41, 5.74) is 0. The monoisotopic (exact) mass is 156 g/mol. The second-order valence-electron chi connectivity index (χ2n) is 3.82. The molecule has 0 amide bonds. The lowest BCUT2D eigenvalue weighted by Gasteiger charge is -2.29. The van der Waals surface area contributed by atoms with Gasteiger partial charge < -0.3 is 4.74 Å². The summed E-state index contributed by atoms with van der Waals surface area (Å²) in [6.07, 6.45) is 1.79. The molecule has 2 atom stereocenters. The Morgan fingerprint density at radius 3 is 2.64 bits per heavy atom. The lowest BCUT2D eigenvalue weighted by atomic mass is 9.91. The molecule has 1 heterocycles. The second kappa shape index (κ2) is 3.24. The quantitative estimate of drug-likeness (QED) is 0.543. The molecule has 1 fully saturated rings. The Labute approximate surface area is 67.9 Å². The number of esters is 1. The third kappa shape index (κ3) is 2.21. The third-order valence-electron chi connectivity index (χ3n) is 2.18. The maximum atomic E-state index is 11.0. The highest BCUT2D eigenvalue weighted by atomic mass is 16.5. The van der Waals surface area contributed by atoms with Crippen molar-refractivity contribution >= 4 is 5.97 Å². The van der Waals surface area contributed by atoms with Crippen LogP contribution in [0.4, 0.5) is 0 Å². The minimum absolute atomic E-state index is 0.0255. The Hall–Kier alpha value is -0.530. The Kier molecular flexibility index (Phi) is 2.53. The van der Waals surface area contributed by atoms with Crippen LogP contribution in [0.5, 0.6) is 0 Å². The van der Waals surface area contributed by atoms with Gasteiger partial charge in [0.15, 0.2) is 0 Å². The topological polar surface area (TPSA) is 26.3 Å². The fraction of sp³-hybridized carbons (Fsp3) is 0.889. The average Bonchev–Trinajstić information content (AvgIpc) is 1.85. The summed E-state index contributed by atoms with van der Waals surface area (Å²) >= 11 is 0. The van der Waals surface area contributed by atoms with E-state index in [1.165, 1.54) is 0 Å². The molecule has 1 saturated heterocycles. The van der Waals surface area contributed by atoms with Crippen LogP contribution < -0.4 is 0 Å². The van der Waals surface area contributed by atoms with E-state index in [1.807, 2.05) is 0 Å². The van der Waals surface area contributed by atoms with Gasteiger partial charge in [0.05, 0.1) is 0 Å². The molecule has 1 rings (SSSR count). The van der Waals surface area contributed by atoms with Crippen LogP contribution in [-0.2, 0) is 9.53 Å². The van der Waals surface area contributed by atoms with E-state index >= 15 is 0 Å². The number of hydrogen-bond donors (Lipinski definition) is 0. The highest BCUT2D eigenvalue weighted by molar-refractivity contribution is 5.70. The van der Waals surface area contributed by atoms with Gasteiger partial charge in [0.1, 0.15) is 6.10 Å². The summed E-state index contributed by atoms with van der Waals surface area (Å²) < 4.78 is 5.18. The molecule has 0 aromatic carbocycles. The second-order valence-corrected chi connectivity index (χ2v) is 3.82. The summed E-state index contributed by atoms with van der Waals surface area (Å²) in [6, 6.07) is 0. The largest absolute Gasteiger partial charge is 0.462 e. The van der Waals surface area contributed by atoms with Crippen LogP contribution in [0.3, 0.4) is 0 Å². The number of carbonyl (C=O) groups is 1. The summed E-state index contributed by atoms with van der Waals surface area (Å²) in [5, 5.41) is 0. The molecule has 0 saturated carbocycles. The Morgan fingerprint density at radius 2 is 2.18 bits per heavy atom. The molecule has 2 heteroatoms. The zero-order chi connectivity index (χ0) is 8.43. The SMILES string of the molecule is CC(C)[C@H]1C[C@H](C)CC(=O)O1. The van der Waals surface area contributed by atoms with E-state index in [0.717, 1.165) is 6.42 Å². The van der Waals surface area contributed by atoms with Crippen LogP contribution in [0.15, 0.2) is 0 Å². The van der Waals surface area contributed by atoms with Gasteiger partial charge in [-0.25, -0.2) is 0 Å². The van der Waals surface area contributed by atoms with Crippen LogP contribution in [0.1, 0.15) is 33.6 Å². The van der Waals surface area contributed by atoms with Crippen molar-refractivity contribution in [3.8, 4) is 0 Å². The van der Waals surface area contributed by atoms with Crippen molar-refractivity contribution in [1.82, 2.24) is 0 Å². The van der Waals surface area contributed by atoms with Gasteiger partial charge in [0.2, 0.25) is 0 Å². The Balaban J connectivity index is 2.49. The molecule has 0 unspecified atom stereocenters. The molecule has 0 spiro atoms. The highest BCUT2D eigenvalue weighted by Crippen LogP contribution is 2.24. The molecule has 1 aliphatic heterocycles. The van der Waals surface area contributed by atoms with Gasteiger partial charge in [0, 0.05) is 6.42 Å². The lowest BCUT2D eigenvalue weighted by molar-refractivity contribution is -0.159. The highest BCUT2D eigenvalue weighted by Gasteiger charge is 2.27. The van der Waals surface area contributed by atoms with E-state index in [9.17, 15) is 4.79 Å². The van der Waals surface area contributed by atoms with Crippen LogP contribution in [0.25, 0.3) is 0 Å². The summed E-state index contributed by atoms with van der Waals surface area (Å²) in [6.45, 7) is 6.29. The van der Waals surface area contributed by atoms with E-state index in [2.05, 4.69) is 20.8 Å². The molecule has 0 aliphatic carbocycles. The smallest absolute Gasteiger partial charge is 0.306 e. The number of hydrogen-bond acceptors (Lipinski definition) is 2. The van der Waals surface area contributed by atoms with Crippen LogP contribution in [0, 0.1) is 11.8 Å². The molecule has 0 radical (unpaired) electrons. The lowest BCUT2D eigenvalue weighted by Crippen LogP contribution is -2.31. The van der Waals surface area contributed by atoms with Crippen molar-refractivity contribution in [2.24, 2.45) is 11.8 Å². The first-order chi connectivity index (χ1) is 5.09. The van der Waals surface area contributed by atoms with E-state index in [1.54, 1.807) is 0 Å². The van der Waals surface area contributed by atoms with Gasteiger partial charge in [-0.05, 0) is 18.3 Å². The standard InChI is InChI=1S/C9H16O2/c1-6(2)8-4-7(3)5-9(10)11-8/h6-8H,4-5H2,1-3H3/t7-,8+/m0/s1. The molecular formula is C9H16O2. The van der Waals surface area contributed by atoms with Crippen molar-refractivity contribution in [3.05, 3.63) is 0 Å². The number of carbonyl (C=O) groups excluding carboxylic acids is 1. The van der Waals surface area contributed by atoms with Gasteiger partial charge in [-0.15, -0.1) is 0 Å². The number of ether oxygens (including phenoxy) is 1. The first kappa shape index (κ1) is 8.57. The van der Waals surface area contributed by atoms with Crippen molar-refractivity contribution in [2.75, 3.05) is 0 Å². The molecule has 2 nitrogen and oxygen atoms in total. The summed E-state index contributed by atoms with van der Waals surface area (Å²) in [7, 11) is 0. The van der Waals surface area contributed by atoms with Crippen LogP contribution in [0.2, 0.25) is 0 Å². The van der Waals surface area contributed by atoms with Crippen molar-refractivity contribution in [3.63, 3.8) is 0 Å². The summed E-state index contributed by atoms with van der Waals surface area (Å²) in [5.74, 6) is 0.938. The van der Waals surface area contributed by atoms with Gasteiger partial charge in [-0.3, -0.25) is 4.79 Å². The third-order valence-corrected chi connectivity index (χ3v) is 2.18. The van der Waals surface area contributed by atoms with Gasteiger partial charge in [-0.1, -0.05) is 20.8 Å². The minimum Gasteiger partial charge on any atom is -0.462 e. The van der Waals surface area contributed by atoms with Crippen molar-refractivity contribution in [1.29, 1.82) is 0 Å². The zero-order valence-corrected chi connectivity index (χ0v) is 7.46. The maximum absolute atomic E-state index is 11.0. The first-order valence-electron chi connectivity index (χ1n) is 4.29. The van der Waals surface area contributed by atoms with Crippen molar-refractivity contribution in [2.45, 2.75) is 39.7 Å². The fourth-order valence-corrected chi connectivity index (χ4v) is 1.44. The van der Waals surface area contributed by atoms with Crippen molar-refractivity contribution < 1.29 is 9.53 Å². The first-order valence-corrected chi connectivity index (χ1v) is 4.29. The molecule has 0 aromatic rings. The molecule has 64 valence electrons. The molecule has 0 aromatic heterocycles. The number of rotatable bonds is 1. The molecule has 11 heavy (non-hydrogen) atoms. The van der Waals surface area contributed by atoms with Gasteiger partial charge >= 0.3 is 5.97 Å². The van der Waals surface area contributed by atoms with Crippen LogP contribution >= 0.6 is 0 Å². The van der Waals surface area contributed by atoms with E-state index < -0.39 is 0 Å². The molecular weight excluding hydrogens is 140 g/mol. The summed E-state index contributed by atoms with van der Waals surface area (Å²) in [4.78, 5) is 11.0. The Morgan fingerprint density at radius 1 is 1.55 bits per heavy atom. The zero-order valence-electron chi connectivity index (χ0n) is 7.46. The predicted octanol–water partition coefficient (Wildman–Crippen LogP) is 1.98. The fourth-order valence-electron chi connectivity index (χ4n) is 1.44.